The van der Waals surface area contributed by atoms with E-state index in [-0.39, 0.29) is 11.2 Å². The van der Waals surface area contributed by atoms with Gasteiger partial charge in [0.15, 0.2) is 0 Å². The molecule has 4 heteroatoms. The van der Waals surface area contributed by atoms with E-state index in [4.69, 9.17) is 5.21 Å². The van der Waals surface area contributed by atoms with Crippen LogP contribution in [0, 0.1) is 11.3 Å². The third-order valence-corrected chi connectivity index (χ3v) is 7.42. The molecule has 4 nitrogen and oxygen atoms in total. The molecule has 2 bridgehead atoms. The van der Waals surface area contributed by atoms with E-state index in [9.17, 15) is 0 Å². The van der Waals surface area contributed by atoms with Crippen molar-refractivity contribution in [3.05, 3.63) is 24.3 Å². The van der Waals surface area contributed by atoms with Crippen LogP contribution in [-0.2, 0) is 5.66 Å². The molecule has 3 aliphatic rings. The maximum Gasteiger partial charge on any atom is 0.118 e. The Bertz CT molecular complexity index is 816. The summed E-state index contributed by atoms with van der Waals surface area (Å²) < 4.78 is 2.32. The lowest BCUT2D eigenvalue weighted by Gasteiger charge is -2.53. The number of hydrogen-bond donors (Lipinski definition) is 0. The Morgan fingerprint density at radius 1 is 1.00 bits per heavy atom. The van der Waals surface area contributed by atoms with Crippen molar-refractivity contribution in [1.82, 2.24) is 19.9 Å². The van der Waals surface area contributed by atoms with Crippen molar-refractivity contribution in [2.45, 2.75) is 83.3 Å². The average Bonchev–Trinajstić information content (AvgIpc) is 3.13. The summed E-state index contributed by atoms with van der Waals surface area (Å²) in [5, 5.41) is 9.28. The summed E-state index contributed by atoms with van der Waals surface area (Å²) in [6, 6.07) is 8.51. The largest absolute Gasteiger partial charge is 0.273 e. The zero-order valence-electron chi connectivity index (χ0n) is 16.5. The molecule has 0 radical (unpaired) electrons. The minimum absolute atomic E-state index is 0.0122. The molecule has 1 aliphatic heterocycles. The molecule has 2 atom stereocenters. The number of benzene rings is 1. The van der Waals surface area contributed by atoms with Gasteiger partial charge < -0.3 is 0 Å². The molecule has 26 heavy (non-hydrogen) atoms. The second-order valence-electron chi connectivity index (χ2n) is 10.3. The molecular weight excluding hydrogens is 320 g/mol. The fourth-order valence-corrected chi connectivity index (χ4v) is 7.03. The third-order valence-electron chi connectivity index (χ3n) is 7.42. The van der Waals surface area contributed by atoms with Crippen LogP contribution in [0.5, 0.6) is 0 Å². The molecule has 1 saturated heterocycles. The van der Waals surface area contributed by atoms with Crippen molar-refractivity contribution in [2.75, 3.05) is 6.54 Å². The fraction of sp³-hybridized carbons (Fsp3) is 0.727. The van der Waals surface area contributed by atoms with Crippen LogP contribution in [0.3, 0.4) is 0 Å². The van der Waals surface area contributed by atoms with Gasteiger partial charge in [0.1, 0.15) is 11.2 Å². The number of fused-ring (bicyclic) bond motifs is 3. The zero-order valence-corrected chi connectivity index (χ0v) is 16.5. The maximum atomic E-state index is 4.74. The van der Waals surface area contributed by atoms with Gasteiger partial charge in [0, 0.05) is 12.1 Å². The van der Waals surface area contributed by atoms with Gasteiger partial charge in [-0.3, -0.25) is 4.90 Å². The highest BCUT2D eigenvalue weighted by atomic mass is 15.5. The van der Waals surface area contributed by atoms with Gasteiger partial charge in [0.25, 0.3) is 0 Å². The van der Waals surface area contributed by atoms with Crippen LogP contribution < -0.4 is 0 Å². The van der Waals surface area contributed by atoms with Crippen LogP contribution in [0.2, 0.25) is 0 Å². The van der Waals surface area contributed by atoms with Crippen LogP contribution in [0.15, 0.2) is 24.3 Å². The van der Waals surface area contributed by atoms with Gasteiger partial charge >= 0.3 is 0 Å². The fourth-order valence-electron chi connectivity index (χ4n) is 7.03. The van der Waals surface area contributed by atoms with Gasteiger partial charge in [-0.05, 0) is 75.3 Å². The predicted octanol–water partition coefficient (Wildman–Crippen LogP) is 4.95. The number of hydrogen-bond acceptors (Lipinski definition) is 3. The lowest BCUT2D eigenvalue weighted by molar-refractivity contribution is -0.0791. The topological polar surface area (TPSA) is 34.0 Å². The normalized spacial score (nSPS) is 33.6. The Hall–Kier alpha value is -1.42. The highest BCUT2D eigenvalue weighted by Gasteiger charge is 2.57. The van der Waals surface area contributed by atoms with Crippen molar-refractivity contribution >= 4 is 11.0 Å². The summed E-state index contributed by atoms with van der Waals surface area (Å²) >= 11 is 0. The predicted molar refractivity (Wildman–Crippen MR) is 105 cm³/mol. The molecule has 1 aromatic heterocycles. The molecular formula is C22H32N4. The number of nitrogens with zero attached hydrogens (tertiary/aromatic N) is 4. The molecule has 0 N–H and O–H groups in total. The van der Waals surface area contributed by atoms with E-state index in [1.807, 2.05) is 0 Å². The van der Waals surface area contributed by atoms with Crippen molar-refractivity contribution in [1.29, 1.82) is 0 Å². The molecule has 1 aromatic carbocycles. The van der Waals surface area contributed by atoms with Crippen molar-refractivity contribution < 1.29 is 0 Å². The first kappa shape index (κ1) is 16.7. The number of likely N-dealkylation sites (tertiary alicyclic amines) is 1. The first-order valence-corrected chi connectivity index (χ1v) is 10.5. The van der Waals surface area contributed by atoms with Crippen molar-refractivity contribution in [2.24, 2.45) is 11.3 Å². The Labute approximate surface area is 156 Å². The summed E-state index contributed by atoms with van der Waals surface area (Å²) in [6.07, 6.45) is 10.4. The summed E-state index contributed by atoms with van der Waals surface area (Å²) in [5.41, 5.74) is 2.99. The molecule has 140 valence electrons. The lowest BCUT2D eigenvalue weighted by Crippen LogP contribution is -2.59. The highest BCUT2D eigenvalue weighted by molar-refractivity contribution is 5.74. The summed E-state index contributed by atoms with van der Waals surface area (Å²) in [4.78, 5) is 2.89. The Morgan fingerprint density at radius 2 is 1.77 bits per heavy atom. The molecule has 2 aliphatic carbocycles. The molecule has 2 heterocycles. The second kappa shape index (κ2) is 5.54. The minimum atomic E-state index is 0.0122. The Morgan fingerprint density at radius 3 is 2.58 bits per heavy atom. The monoisotopic (exact) mass is 352 g/mol. The van der Waals surface area contributed by atoms with E-state index in [2.05, 4.69) is 59.7 Å². The van der Waals surface area contributed by atoms with Crippen LogP contribution in [0.25, 0.3) is 11.0 Å². The van der Waals surface area contributed by atoms with Crippen LogP contribution in [0.4, 0.5) is 0 Å². The van der Waals surface area contributed by atoms with E-state index < -0.39 is 0 Å². The van der Waals surface area contributed by atoms with E-state index in [1.165, 1.54) is 63.4 Å². The number of aromatic nitrogens is 3. The van der Waals surface area contributed by atoms with Gasteiger partial charge in [-0.1, -0.05) is 37.6 Å². The molecule has 5 rings (SSSR count). The maximum absolute atomic E-state index is 4.74. The molecule has 2 aromatic rings. The van der Waals surface area contributed by atoms with E-state index in [0.717, 1.165) is 11.4 Å². The molecule has 0 spiro atoms. The SMILES string of the molecule is CC1(C)CC2CN(C3(n4nnc5ccccc54)CCCCC3)C(C)(C2)C1. The van der Waals surface area contributed by atoms with Gasteiger partial charge in [-0.2, -0.15) is 0 Å². The minimum Gasteiger partial charge on any atom is -0.273 e. The first-order chi connectivity index (χ1) is 12.4. The summed E-state index contributed by atoms with van der Waals surface area (Å²) in [6.45, 7) is 8.70. The number of para-hydroxylation sites is 1. The lowest BCUT2D eigenvalue weighted by atomic mass is 9.67. The molecule has 2 saturated carbocycles. The molecule has 3 fully saturated rings. The van der Waals surface area contributed by atoms with Gasteiger partial charge in [0.05, 0.1) is 5.52 Å². The average molecular weight is 353 g/mol. The summed E-state index contributed by atoms with van der Waals surface area (Å²) in [7, 11) is 0. The second-order valence-corrected chi connectivity index (χ2v) is 10.3. The summed E-state index contributed by atoms with van der Waals surface area (Å²) in [5.74, 6) is 0.831. The quantitative estimate of drug-likeness (QED) is 0.767. The van der Waals surface area contributed by atoms with Crippen LogP contribution in [-0.4, -0.2) is 32.0 Å². The van der Waals surface area contributed by atoms with Crippen LogP contribution in [0.1, 0.15) is 72.1 Å². The zero-order chi connectivity index (χ0) is 18.0. The highest BCUT2D eigenvalue weighted by Crippen LogP contribution is 2.56. The Kier molecular flexibility index (Phi) is 3.57. The molecule has 2 unspecified atom stereocenters. The van der Waals surface area contributed by atoms with E-state index in [0.29, 0.717) is 5.41 Å². The standard InChI is InChI=1S/C22H32N4/c1-20(2)13-17-14-21(3,16-20)25(15-17)22(11-7-4-8-12-22)26-19-10-6-5-9-18(19)23-24-26/h5-6,9-10,17H,4,7-8,11-16H2,1-3H3. The molecule has 0 amide bonds. The van der Waals surface area contributed by atoms with Gasteiger partial charge in [0.2, 0.25) is 0 Å². The smallest absolute Gasteiger partial charge is 0.118 e. The van der Waals surface area contributed by atoms with Crippen molar-refractivity contribution in [3.8, 4) is 0 Å². The van der Waals surface area contributed by atoms with Crippen molar-refractivity contribution in [3.63, 3.8) is 0 Å². The van der Waals surface area contributed by atoms with Gasteiger partial charge in [-0.15, -0.1) is 5.10 Å². The van der Waals surface area contributed by atoms with E-state index >= 15 is 0 Å². The first-order valence-electron chi connectivity index (χ1n) is 10.5. The van der Waals surface area contributed by atoms with Crippen LogP contribution >= 0.6 is 0 Å². The third kappa shape index (κ3) is 2.37. The van der Waals surface area contributed by atoms with Gasteiger partial charge in [-0.25, -0.2) is 4.68 Å². The Balaban J connectivity index is 1.65. The van der Waals surface area contributed by atoms with E-state index in [1.54, 1.807) is 0 Å². The number of rotatable bonds is 2.